The van der Waals surface area contributed by atoms with Crippen molar-refractivity contribution in [2.24, 2.45) is 5.73 Å². The molecule has 1 aromatic carbocycles. The number of carbonyl (C=O) groups is 1. The molecular weight excluding hydrogens is 277 g/mol. The number of nitrogens with two attached hydrogens (primary N) is 1. The third-order valence-electron chi connectivity index (χ3n) is 2.40. The lowest BCUT2D eigenvalue weighted by Crippen LogP contribution is -2.01. The monoisotopic (exact) mass is 291 g/mol. The van der Waals surface area contributed by atoms with E-state index < -0.39 is 5.97 Å². The van der Waals surface area contributed by atoms with Gasteiger partial charge in [-0.25, -0.2) is 9.78 Å². The summed E-state index contributed by atoms with van der Waals surface area (Å²) in [5.74, 6) is -0.0806. The summed E-state index contributed by atoms with van der Waals surface area (Å²) in [7, 11) is 0. The first kappa shape index (κ1) is 16.7. The van der Waals surface area contributed by atoms with Crippen LogP contribution in [-0.2, 0) is 6.42 Å². The standard InChI is InChI=1S/C11H13N3O2.2ClH/c12-5-1-2-10-13-8-4-3-7(11(15)16)6-9(8)14-10;;/h3-4,6H,1-2,5,12H2,(H,13,14)(H,15,16);2*1H. The number of imidazole rings is 1. The largest absolute Gasteiger partial charge is 0.478 e. The molecule has 0 aliphatic carbocycles. The Hall–Kier alpha value is -1.30. The van der Waals surface area contributed by atoms with E-state index in [1.807, 2.05) is 0 Å². The van der Waals surface area contributed by atoms with Crippen LogP contribution in [0, 0.1) is 0 Å². The molecule has 1 heterocycles. The SMILES string of the molecule is Cl.Cl.NCCCc1nc2ccc(C(=O)O)cc2[nH]1. The second kappa shape index (κ2) is 7.20. The molecular formula is C11H15Cl2N3O2. The number of nitrogens with zero attached hydrogens (tertiary/aromatic N) is 1. The van der Waals surface area contributed by atoms with Crippen molar-refractivity contribution >= 4 is 41.8 Å². The van der Waals surface area contributed by atoms with Gasteiger partial charge in [0.1, 0.15) is 5.82 Å². The van der Waals surface area contributed by atoms with Crippen LogP contribution in [0.4, 0.5) is 0 Å². The average Bonchev–Trinajstić information content (AvgIpc) is 2.67. The molecule has 0 unspecified atom stereocenters. The van der Waals surface area contributed by atoms with E-state index in [0.717, 1.165) is 29.7 Å². The molecule has 0 aliphatic heterocycles. The second-order valence-electron chi connectivity index (χ2n) is 3.61. The number of halogens is 2. The molecule has 2 rings (SSSR count). The van der Waals surface area contributed by atoms with Crippen LogP contribution in [0.1, 0.15) is 22.6 Å². The molecule has 0 aliphatic rings. The molecule has 0 spiro atoms. The fourth-order valence-corrected chi connectivity index (χ4v) is 1.58. The van der Waals surface area contributed by atoms with Crippen LogP contribution in [0.25, 0.3) is 11.0 Å². The van der Waals surface area contributed by atoms with E-state index in [0.29, 0.717) is 6.54 Å². The first-order valence-electron chi connectivity index (χ1n) is 5.12. The Morgan fingerprint density at radius 1 is 1.39 bits per heavy atom. The molecule has 7 heteroatoms. The van der Waals surface area contributed by atoms with Crippen molar-refractivity contribution < 1.29 is 9.90 Å². The van der Waals surface area contributed by atoms with Crippen molar-refractivity contribution in [1.29, 1.82) is 0 Å². The van der Waals surface area contributed by atoms with Gasteiger partial charge < -0.3 is 15.8 Å². The molecule has 2 aromatic rings. The number of rotatable bonds is 4. The van der Waals surface area contributed by atoms with Gasteiger partial charge in [0.05, 0.1) is 16.6 Å². The number of aryl methyl sites for hydroxylation is 1. The van der Waals surface area contributed by atoms with E-state index in [2.05, 4.69) is 9.97 Å². The summed E-state index contributed by atoms with van der Waals surface area (Å²) >= 11 is 0. The first-order chi connectivity index (χ1) is 7.70. The van der Waals surface area contributed by atoms with Gasteiger partial charge in [-0.05, 0) is 31.2 Å². The van der Waals surface area contributed by atoms with E-state index in [4.69, 9.17) is 10.8 Å². The molecule has 0 radical (unpaired) electrons. The number of fused-ring (bicyclic) bond motifs is 1. The molecule has 1 aromatic heterocycles. The highest BCUT2D eigenvalue weighted by molar-refractivity contribution is 5.92. The van der Waals surface area contributed by atoms with Gasteiger partial charge in [0.2, 0.25) is 0 Å². The number of nitrogens with one attached hydrogen (secondary N) is 1. The summed E-state index contributed by atoms with van der Waals surface area (Å²) in [5.41, 5.74) is 7.23. The summed E-state index contributed by atoms with van der Waals surface area (Å²) in [5, 5.41) is 8.84. The third kappa shape index (κ3) is 3.60. The fraction of sp³-hybridized carbons (Fsp3) is 0.273. The minimum atomic E-state index is -0.931. The van der Waals surface area contributed by atoms with E-state index in [1.54, 1.807) is 18.2 Å². The van der Waals surface area contributed by atoms with Gasteiger partial charge in [-0.2, -0.15) is 0 Å². The van der Waals surface area contributed by atoms with Crippen molar-refractivity contribution in [2.75, 3.05) is 6.54 Å². The Bertz CT molecular complexity index is 528. The lowest BCUT2D eigenvalue weighted by atomic mass is 10.2. The Morgan fingerprint density at radius 3 is 2.72 bits per heavy atom. The zero-order chi connectivity index (χ0) is 11.5. The second-order valence-corrected chi connectivity index (χ2v) is 3.61. The molecule has 0 amide bonds. The maximum absolute atomic E-state index is 10.8. The zero-order valence-electron chi connectivity index (χ0n) is 9.55. The minimum Gasteiger partial charge on any atom is -0.478 e. The molecule has 0 bridgehead atoms. The Labute approximate surface area is 117 Å². The topological polar surface area (TPSA) is 92.0 Å². The zero-order valence-corrected chi connectivity index (χ0v) is 11.2. The van der Waals surface area contributed by atoms with E-state index in [9.17, 15) is 4.79 Å². The van der Waals surface area contributed by atoms with Crippen molar-refractivity contribution in [1.82, 2.24) is 9.97 Å². The molecule has 0 fully saturated rings. The summed E-state index contributed by atoms with van der Waals surface area (Å²) < 4.78 is 0. The van der Waals surface area contributed by atoms with Gasteiger partial charge in [0, 0.05) is 6.42 Å². The number of carboxylic acids is 1. The Morgan fingerprint density at radius 2 is 2.11 bits per heavy atom. The highest BCUT2D eigenvalue weighted by atomic mass is 35.5. The summed E-state index contributed by atoms with van der Waals surface area (Å²) in [4.78, 5) is 18.2. The predicted molar refractivity (Wildman–Crippen MR) is 74.9 cm³/mol. The number of carboxylic acid groups (broad SMARTS) is 1. The highest BCUT2D eigenvalue weighted by Gasteiger charge is 2.06. The van der Waals surface area contributed by atoms with Crippen molar-refractivity contribution in [2.45, 2.75) is 12.8 Å². The van der Waals surface area contributed by atoms with Crippen molar-refractivity contribution in [3.05, 3.63) is 29.6 Å². The van der Waals surface area contributed by atoms with Gasteiger partial charge in [-0.15, -0.1) is 24.8 Å². The quantitative estimate of drug-likeness (QED) is 0.803. The predicted octanol–water partition coefficient (Wildman–Crippen LogP) is 2.00. The molecule has 18 heavy (non-hydrogen) atoms. The molecule has 0 atom stereocenters. The number of aromatic amines is 1. The van der Waals surface area contributed by atoms with Crippen molar-refractivity contribution in [3.8, 4) is 0 Å². The summed E-state index contributed by atoms with van der Waals surface area (Å²) in [6.07, 6.45) is 1.65. The van der Waals surface area contributed by atoms with Crippen LogP contribution in [0.5, 0.6) is 0 Å². The van der Waals surface area contributed by atoms with E-state index in [-0.39, 0.29) is 30.4 Å². The van der Waals surface area contributed by atoms with Gasteiger partial charge in [0.15, 0.2) is 0 Å². The average molecular weight is 292 g/mol. The Balaban J connectivity index is 0.00000144. The number of hydrogen-bond acceptors (Lipinski definition) is 3. The van der Waals surface area contributed by atoms with Gasteiger partial charge in [-0.1, -0.05) is 0 Å². The third-order valence-corrected chi connectivity index (χ3v) is 2.40. The van der Waals surface area contributed by atoms with Crippen LogP contribution in [0.3, 0.4) is 0 Å². The van der Waals surface area contributed by atoms with Crippen LogP contribution >= 0.6 is 24.8 Å². The lowest BCUT2D eigenvalue weighted by molar-refractivity contribution is 0.0697. The highest BCUT2D eigenvalue weighted by Crippen LogP contribution is 2.14. The molecule has 0 saturated heterocycles. The molecule has 4 N–H and O–H groups in total. The van der Waals surface area contributed by atoms with E-state index in [1.165, 1.54) is 0 Å². The number of hydrogen-bond donors (Lipinski definition) is 3. The van der Waals surface area contributed by atoms with Crippen LogP contribution in [0.15, 0.2) is 18.2 Å². The van der Waals surface area contributed by atoms with Crippen LogP contribution < -0.4 is 5.73 Å². The van der Waals surface area contributed by atoms with Gasteiger partial charge in [-0.3, -0.25) is 0 Å². The molecule has 0 saturated carbocycles. The fourth-order valence-electron chi connectivity index (χ4n) is 1.58. The number of H-pyrrole nitrogens is 1. The Kier molecular flexibility index (Phi) is 6.68. The maximum Gasteiger partial charge on any atom is 0.335 e. The van der Waals surface area contributed by atoms with Gasteiger partial charge >= 0.3 is 5.97 Å². The molecule has 5 nitrogen and oxygen atoms in total. The first-order valence-corrected chi connectivity index (χ1v) is 5.12. The van der Waals surface area contributed by atoms with Crippen LogP contribution in [0.2, 0.25) is 0 Å². The lowest BCUT2D eigenvalue weighted by Gasteiger charge is -1.92. The smallest absolute Gasteiger partial charge is 0.335 e. The number of aromatic nitrogens is 2. The minimum absolute atomic E-state index is 0. The van der Waals surface area contributed by atoms with E-state index >= 15 is 0 Å². The van der Waals surface area contributed by atoms with Gasteiger partial charge in [0.25, 0.3) is 0 Å². The van der Waals surface area contributed by atoms with Crippen LogP contribution in [-0.4, -0.2) is 27.6 Å². The van der Waals surface area contributed by atoms with Crippen molar-refractivity contribution in [3.63, 3.8) is 0 Å². The number of aromatic carboxylic acids is 1. The summed E-state index contributed by atoms with van der Waals surface area (Å²) in [6.45, 7) is 0.622. The molecule has 100 valence electrons. The normalized spacial score (nSPS) is 9.61. The summed E-state index contributed by atoms with van der Waals surface area (Å²) in [6, 6.07) is 4.86. The number of benzene rings is 1. The maximum atomic E-state index is 10.8.